The summed E-state index contributed by atoms with van der Waals surface area (Å²) in [6, 6.07) is 3.14. The summed E-state index contributed by atoms with van der Waals surface area (Å²) in [5.74, 6) is -1.97. The van der Waals surface area contributed by atoms with Crippen molar-refractivity contribution < 1.29 is 19.6 Å². The second kappa shape index (κ2) is 5.40. The van der Waals surface area contributed by atoms with Crippen LogP contribution in [0.4, 0.5) is 11.4 Å². The number of carbonyl (C=O) groups is 2. The Labute approximate surface area is 115 Å². The number of nitro groups is 1. The van der Waals surface area contributed by atoms with Crippen LogP contribution in [0.3, 0.4) is 0 Å². The van der Waals surface area contributed by atoms with Crippen LogP contribution in [0.2, 0.25) is 0 Å². The molecule has 0 aliphatic rings. The Morgan fingerprint density at radius 1 is 1.40 bits per heavy atom. The van der Waals surface area contributed by atoms with E-state index in [1.54, 1.807) is 0 Å². The monoisotopic (exact) mass is 294 g/mol. The minimum Gasteiger partial charge on any atom is -0.478 e. The summed E-state index contributed by atoms with van der Waals surface area (Å²) in [6.07, 6.45) is 1.23. The van der Waals surface area contributed by atoms with Gasteiger partial charge in [0.1, 0.15) is 4.88 Å². The summed E-state index contributed by atoms with van der Waals surface area (Å²) in [6.45, 7) is 0. The quantitative estimate of drug-likeness (QED) is 0.642. The SMILES string of the molecule is O=C(Nc1ccc([N+](=O)[O-])cc1C(=O)O)c1cnns1. The van der Waals surface area contributed by atoms with Crippen molar-refractivity contribution in [1.29, 1.82) is 0 Å². The lowest BCUT2D eigenvalue weighted by atomic mass is 10.1. The molecule has 2 rings (SSSR count). The second-order valence-electron chi connectivity index (χ2n) is 3.53. The van der Waals surface area contributed by atoms with Gasteiger partial charge in [-0.1, -0.05) is 4.49 Å². The molecule has 10 heteroatoms. The zero-order valence-corrected chi connectivity index (χ0v) is 10.5. The van der Waals surface area contributed by atoms with Crippen LogP contribution in [-0.4, -0.2) is 31.5 Å². The van der Waals surface area contributed by atoms with Gasteiger partial charge >= 0.3 is 5.97 Å². The first-order valence-corrected chi connectivity index (χ1v) is 5.87. The highest BCUT2D eigenvalue weighted by Crippen LogP contribution is 2.23. The van der Waals surface area contributed by atoms with Gasteiger partial charge in [0.05, 0.1) is 22.4 Å². The van der Waals surface area contributed by atoms with Crippen molar-refractivity contribution in [3.05, 3.63) is 45.0 Å². The molecule has 102 valence electrons. The van der Waals surface area contributed by atoms with Crippen LogP contribution >= 0.6 is 11.5 Å². The van der Waals surface area contributed by atoms with Gasteiger partial charge in [-0.2, -0.15) is 0 Å². The number of aromatic nitrogens is 2. The van der Waals surface area contributed by atoms with Crippen molar-refractivity contribution in [2.75, 3.05) is 5.32 Å². The van der Waals surface area contributed by atoms with E-state index in [-0.39, 0.29) is 21.8 Å². The highest BCUT2D eigenvalue weighted by atomic mass is 32.1. The highest BCUT2D eigenvalue weighted by molar-refractivity contribution is 7.07. The van der Waals surface area contributed by atoms with Crippen LogP contribution in [0.1, 0.15) is 20.0 Å². The zero-order valence-electron chi connectivity index (χ0n) is 9.64. The van der Waals surface area contributed by atoms with Crippen LogP contribution in [0.5, 0.6) is 0 Å². The van der Waals surface area contributed by atoms with E-state index >= 15 is 0 Å². The van der Waals surface area contributed by atoms with Crippen molar-refractivity contribution >= 4 is 34.8 Å². The van der Waals surface area contributed by atoms with E-state index in [4.69, 9.17) is 5.11 Å². The number of amides is 1. The van der Waals surface area contributed by atoms with E-state index in [1.807, 2.05) is 0 Å². The molecule has 0 bridgehead atoms. The minimum absolute atomic E-state index is 0.0403. The van der Waals surface area contributed by atoms with Crippen molar-refractivity contribution in [2.24, 2.45) is 0 Å². The third-order valence-corrected chi connectivity index (χ3v) is 2.94. The summed E-state index contributed by atoms with van der Waals surface area (Å²) in [7, 11) is 0. The summed E-state index contributed by atoms with van der Waals surface area (Å²) in [4.78, 5) is 32.9. The number of anilines is 1. The average molecular weight is 294 g/mol. The Kier molecular flexibility index (Phi) is 3.66. The van der Waals surface area contributed by atoms with Gasteiger partial charge in [-0.15, -0.1) is 5.10 Å². The van der Waals surface area contributed by atoms with Crippen molar-refractivity contribution in [3.8, 4) is 0 Å². The largest absolute Gasteiger partial charge is 0.478 e. The van der Waals surface area contributed by atoms with Crippen LogP contribution in [0.25, 0.3) is 0 Å². The van der Waals surface area contributed by atoms with Gasteiger partial charge in [-0.05, 0) is 17.6 Å². The number of carboxylic acid groups (broad SMARTS) is 1. The summed E-state index contributed by atoms with van der Waals surface area (Å²) < 4.78 is 3.50. The fourth-order valence-corrected chi connectivity index (χ4v) is 1.79. The predicted molar refractivity (Wildman–Crippen MR) is 67.9 cm³/mol. The average Bonchev–Trinajstić information content (AvgIpc) is 2.92. The number of carbonyl (C=O) groups excluding carboxylic acids is 1. The fourth-order valence-electron chi connectivity index (χ4n) is 1.38. The van der Waals surface area contributed by atoms with Crippen molar-refractivity contribution in [2.45, 2.75) is 0 Å². The maximum atomic E-state index is 11.8. The van der Waals surface area contributed by atoms with E-state index < -0.39 is 16.8 Å². The number of nitrogens with zero attached hydrogens (tertiary/aromatic N) is 3. The molecular weight excluding hydrogens is 288 g/mol. The van der Waals surface area contributed by atoms with Crippen molar-refractivity contribution in [1.82, 2.24) is 9.59 Å². The smallest absolute Gasteiger partial charge is 0.338 e. The number of rotatable bonds is 4. The van der Waals surface area contributed by atoms with Crippen LogP contribution in [0, 0.1) is 10.1 Å². The van der Waals surface area contributed by atoms with E-state index in [0.29, 0.717) is 0 Å². The van der Waals surface area contributed by atoms with Crippen LogP contribution < -0.4 is 5.32 Å². The van der Waals surface area contributed by atoms with Gasteiger partial charge in [0.2, 0.25) is 0 Å². The van der Waals surface area contributed by atoms with Gasteiger partial charge < -0.3 is 10.4 Å². The molecule has 0 saturated heterocycles. The molecule has 0 atom stereocenters. The molecule has 1 amide bonds. The van der Waals surface area contributed by atoms with E-state index in [1.165, 1.54) is 6.20 Å². The molecule has 1 aromatic heterocycles. The second-order valence-corrected chi connectivity index (χ2v) is 4.31. The number of nitro benzene ring substituents is 1. The number of carboxylic acids is 1. The molecule has 0 saturated carbocycles. The topological polar surface area (TPSA) is 135 Å². The third-order valence-electron chi connectivity index (χ3n) is 2.28. The van der Waals surface area contributed by atoms with E-state index in [9.17, 15) is 19.7 Å². The molecule has 1 heterocycles. The number of nitrogens with one attached hydrogen (secondary N) is 1. The maximum Gasteiger partial charge on any atom is 0.338 e. The molecule has 0 radical (unpaired) electrons. The van der Waals surface area contributed by atoms with Crippen LogP contribution in [-0.2, 0) is 0 Å². The normalized spacial score (nSPS) is 10.0. The maximum absolute atomic E-state index is 11.8. The van der Waals surface area contributed by atoms with E-state index in [2.05, 4.69) is 14.9 Å². The summed E-state index contributed by atoms with van der Waals surface area (Å²) in [5, 5.41) is 25.5. The Hall–Kier alpha value is -2.88. The third kappa shape index (κ3) is 2.75. The van der Waals surface area contributed by atoms with Gasteiger partial charge in [0.15, 0.2) is 0 Å². The first-order valence-electron chi connectivity index (χ1n) is 5.09. The minimum atomic E-state index is -1.38. The molecule has 0 spiro atoms. The zero-order chi connectivity index (χ0) is 14.7. The molecule has 2 N–H and O–H groups in total. The highest BCUT2D eigenvalue weighted by Gasteiger charge is 2.18. The lowest BCUT2D eigenvalue weighted by Crippen LogP contribution is -2.14. The van der Waals surface area contributed by atoms with E-state index in [0.717, 1.165) is 29.7 Å². The molecular formula is C10H6N4O5S. The number of hydrogen-bond donors (Lipinski definition) is 2. The Bertz CT molecular complexity index is 685. The molecule has 0 aliphatic carbocycles. The molecule has 9 nitrogen and oxygen atoms in total. The standard InChI is InChI=1S/C10H6N4O5S/c15-9(8-4-11-13-20-8)12-7-2-1-5(14(18)19)3-6(7)10(16)17/h1-4H,(H,12,15)(H,16,17). The molecule has 2 aromatic rings. The molecule has 0 unspecified atom stereocenters. The fraction of sp³-hybridized carbons (Fsp3) is 0. The number of benzene rings is 1. The molecule has 20 heavy (non-hydrogen) atoms. The van der Waals surface area contributed by atoms with Gasteiger partial charge in [-0.25, -0.2) is 4.79 Å². The first-order chi connectivity index (χ1) is 9.49. The summed E-state index contributed by atoms with van der Waals surface area (Å²) in [5.41, 5.74) is -0.786. The molecule has 1 aromatic carbocycles. The molecule has 0 aliphatic heterocycles. The lowest BCUT2D eigenvalue weighted by Gasteiger charge is -2.06. The Morgan fingerprint density at radius 2 is 2.15 bits per heavy atom. The van der Waals surface area contributed by atoms with Gasteiger partial charge in [0.25, 0.3) is 11.6 Å². The number of non-ortho nitro benzene ring substituents is 1. The van der Waals surface area contributed by atoms with Crippen molar-refractivity contribution in [3.63, 3.8) is 0 Å². The summed E-state index contributed by atoms with van der Waals surface area (Å²) >= 11 is 0.844. The first kappa shape index (κ1) is 13.5. The lowest BCUT2D eigenvalue weighted by molar-refractivity contribution is -0.384. The number of hydrogen-bond acceptors (Lipinski definition) is 7. The number of aromatic carboxylic acids is 1. The Morgan fingerprint density at radius 3 is 2.70 bits per heavy atom. The Balaban J connectivity index is 2.34. The van der Waals surface area contributed by atoms with Crippen LogP contribution in [0.15, 0.2) is 24.4 Å². The van der Waals surface area contributed by atoms with Gasteiger partial charge in [-0.3, -0.25) is 14.9 Å². The predicted octanol–water partition coefficient (Wildman–Crippen LogP) is 1.40. The molecule has 0 fully saturated rings. The van der Waals surface area contributed by atoms with Gasteiger partial charge in [0, 0.05) is 12.1 Å².